The van der Waals surface area contributed by atoms with Crippen LogP contribution in [0.5, 0.6) is 0 Å². The number of hydrogen-bond donors (Lipinski definition) is 1. The van der Waals surface area contributed by atoms with Crippen molar-refractivity contribution in [1.29, 1.82) is 0 Å². The van der Waals surface area contributed by atoms with Crippen LogP contribution >= 0.6 is 0 Å². The normalized spacial score (nSPS) is 13.3. The van der Waals surface area contributed by atoms with Gasteiger partial charge in [0.1, 0.15) is 5.78 Å². The number of aliphatic hydroxyl groups excluding tert-OH is 1. The molecule has 0 aliphatic heterocycles. The smallest absolute Gasteiger partial charge is 0.132 e. The maximum Gasteiger partial charge on any atom is 0.132 e. The summed E-state index contributed by atoms with van der Waals surface area (Å²) in [6.45, 7) is 5.93. The highest BCUT2D eigenvalue weighted by Crippen LogP contribution is 2.11. The molecular weight excluding hydrogens is 164 g/mol. The molecule has 0 aliphatic carbocycles. The maximum atomic E-state index is 10.6. The Labute approximate surface area is 81.3 Å². The fraction of sp³-hybridized carbons (Fsp3) is 0.909. The first-order valence-electron chi connectivity index (χ1n) is 5.20. The maximum absolute atomic E-state index is 10.6. The summed E-state index contributed by atoms with van der Waals surface area (Å²) in [5.41, 5.74) is 0. The lowest BCUT2D eigenvalue weighted by molar-refractivity contribution is -0.118. The summed E-state index contributed by atoms with van der Waals surface area (Å²) in [4.78, 5) is 10.6. The number of Topliss-reactive ketones (excluding diaryl/α,β-unsaturated/α-hetero) is 1. The van der Waals surface area contributed by atoms with E-state index in [9.17, 15) is 9.90 Å². The molecule has 0 aromatic rings. The third kappa shape index (κ3) is 9.54. The van der Waals surface area contributed by atoms with E-state index in [0.717, 1.165) is 25.2 Å². The first-order valence-corrected chi connectivity index (χ1v) is 5.20. The van der Waals surface area contributed by atoms with Gasteiger partial charge in [-0.15, -0.1) is 0 Å². The lowest BCUT2D eigenvalue weighted by Gasteiger charge is -2.08. The standard InChI is InChI=1S/C11H22O2/c1-9(2)6-4-5-7-11(13)8-10(3)12/h9,11,13H,4-8H2,1-3H3/t11-/m1/s1. The van der Waals surface area contributed by atoms with Crippen LogP contribution < -0.4 is 0 Å². The van der Waals surface area contributed by atoms with Gasteiger partial charge in [0.15, 0.2) is 0 Å². The molecule has 2 nitrogen and oxygen atoms in total. The Morgan fingerprint density at radius 2 is 1.77 bits per heavy atom. The van der Waals surface area contributed by atoms with Gasteiger partial charge in [-0.25, -0.2) is 0 Å². The quantitative estimate of drug-likeness (QED) is 0.620. The molecule has 0 saturated heterocycles. The molecule has 0 aromatic carbocycles. The zero-order chi connectivity index (χ0) is 10.3. The third-order valence-electron chi connectivity index (χ3n) is 2.09. The number of rotatable bonds is 7. The van der Waals surface area contributed by atoms with Gasteiger partial charge >= 0.3 is 0 Å². The Bertz CT molecular complexity index is 141. The van der Waals surface area contributed by atoms with Crippen molar-refractivity contribution in [1.82, 2.24) is 0 Å². The van der Waals surface area contributed by atoms with Crippen molar-refractivity contribution in [3.8, 4) is 0 Å². The second kappa shape index (κ2) is 7.07. The van der Waals surface area contributed by atoms with Crippen LogP contribution in [0.3, 0.4) is 0 Å². The lowest BCUT2D eigenvalue weighted by Crippen LogP contribution is -2.10. The van der Waals surface area contributed by atoms with Crippen molar-refractivity contribution in [3.05, 3.63) is 0 Å². The van der Waals surface area contributed by atoms with Crippen molar-refractivity contribution in [3.63, 3.8) is 0 Å². The van der Waals surface area contributed by atoms with E-state index in [4.69, 9.17) is 0 Å². The van der Waals surface area contributed by atoms with Crippen LogP contribution in [0.15, 0.2) is 0 Å². The number of aliphatic hydroxyl groups is 1. The van der Waals surface area contributed by atoms with Gasteiger partial charge < -0.3 is 5.11 Å². The monoisotopic (exact) mass is 186 g/mol. The van der Waals surface area contributed by atoms with Gasteiger partial charge in [0.25, 0.3) is 0 Å². The van der Waals surface area contributed by atoms with Crippen molar-refractivity contribution < 1.29 is 9.90 Å². The van der Waals surface area contributed by atoms with Gasteiger partial charge in [-0.2, -0.15) is 0 Å². The molecule has 2 heteroatoms. The van der Waals surface area contributed by atoms with E-state index in [-0.39, 0.29) is 5.78 Å². The van der Waals surface area contributed by atoms with Gasteiger partial charge in [-0.05, 0) is 19.3 Å². The van der Waals surface area contributed by atoms with Crippen LogP contribution in [0.25, 0.3) is 0 Å². The number of ketones is 1. The third-order valence-corrected chi connectivity index (χ3v) is 2.09. The molecule has 0 spiro atoms. The number of hydrogen-bond acceptors (Lipinski definition) is 2. The molecule has 0 saturated carbocycles. The molecule has 0 aromatic heterocycles. The van der Waals surface area contributed by atoms with E-state index in [1.807, 2.05) is 0 Å². The molecule has 0 heterocycles. The number of unbranched alkanes of at least 4 members (excludes halogenated alkanes) is 1. The minimum absolute atomic E-state index is 0.0800. The summed E-state index contributed by atoms with van der Waals surface area (Å²) in [5, 5.41) is 9.36. The number of carbonyl (C=O) groups excluding carboxylic acids is 1. The summed E-state index contributed by atoms with van der Waals surface area (Å²) in [6.07, 6.45) is 4.09. The Morgan fingerprint density at radius 1 is 1.23 bits per heavy atom. The fourth-order valence-corrected chi connectivity index (χ4v) is 1.37. The molecule has 0 unspecified atom stereocenters. The Morgan fingerprint density at radius 3 is 2.23 bits per heavy atom. The van der Waals surface area contributed by atoms with Gasteiger partial charge in [0.2, 0.25) is 0 Å². The average molecular weight is 186 g/mol. The SMILES string of the molecule is CC(=O)C[C@H](O)CCCCC(C)C. The summed E-state index contributed by atoms with van der Waals surface area (Å²) >= 11 is 0. The Kier molecular flexibility index (Phi) is 6.87. The molecule has 0 bridgehead atoms. The Hall–Kier alpha value is -0.370. The van der Waals surface area contributed by atoms with Crippen LogP contribution in [0, 0.1) is 5.92 Å². The zero-order valence-corrected chi connectivity index (χ0v) is 9.05. The van der Waals surface area contributed by atoms with Gasteiger partial charge in [-0.3, -0.25) is 4.79 Å². The second-order valence-electron chi connectivity index (χ2n) is 4.24. The average Bonchev–Trinajstić information content (AvgIpc) is 1.96. The van der Waals surface area contributed by atoms with Crippen LogP contribution in [-0.4, -0.2) is 17.0 Å². The van der Waals surface area contributed by atoms with Crippen LogP contribution in [0.1, 0.15) is 52.9 Å². The molecule has 1 atom stereocenters. The highest BCUT2D eigenvalue weighted by atomic mass is 16.3. The molecule has 78 valence electrons. The highest BCUT2D eigenvalue weighted by molar-refractivity contribution is 5.75. The molecule has 0 rings (SSSR count). The second-order valence-corrected chi connectivity index (χ2v) is 4.24. The van der Waals surface area contributed by atoms with Gasteiger partial charge in [-0.1, -0.05) is 33.1 Å². The molecule has 1 N–H and O–H groups in total. The van der Waals surface area contributed by atoms with Crippen LogP contribution in [-0.2, 0) is 4.79 Å². The first kappa shape index (κ1) is 12.6. The van der Waals surface area contributed by atoms with E-state index < -0.39 is 6.10 Å². The largest absolute Gasteiger partial charge is 0.393 e. The van der Waals surface area contributed by atoms with Crippen LogP contribution in [0.2, 0.25) is 0 Å². The first-order chi connectivity index (χ1) is 6.02. The predicted octanol–water partition coefficient (Wildman–Crippen LogP) is 2.54. The topological polar surface area (TPSA) is 37.3 Å². The summed E-state index contributed by atoms with van der Waals surface area (Å²) < 4.78 is 0. The predicted molar refractivity (Wildman–Crippen MR) is 54.6 cm³/mol. The molecule has 0 radical (unpaired) electrons. The molecule has 0 aliphatic rings. The molecule has 13 heavy (non-hydrogen) atoms. The van der Waals surface area contributed by atoms with Crippen LogP contribution in [0.4, 0.5) is 0 Å². The summed E-state index contributed by atoms with van der Waals surface area (Å²) in [5.74, 6) is 0.821. The van der Waals surface area contributed by atoms with E-state index in [0.29, 0.717) is 6.42 Å². The molecule has 0 fully saturated rings. The number of carbonyl (C=O) groups is 1. The van der Waals surface area contributed by atoms with E-state index in [1.54, 1.807) is 0 Å². The van der Waals surface area contributed by atoms with Crippen molar-refractivity contribution in [2.24, 2.45) is 5.92 Å². The van der Waals surface area contributed by atoms with Crippen molar-refractivity contribution >= 4 is 5.78 Å². The minimum atomic E-state index is -0.412. The van der Waals surface area contributed by atoms with E-state index in [1.165, 1.54) is 13.3 Å². The minimum Gasteiger partial charge on any atom is -0.393 e. The highest BCUT2D eigenvalue weighted by Gasteiger charge is 2.06. The molecule has 0 amide bonds. The van der Waals surface area contributed by atoms with Crippen molar-refractivity contribution in [2.45, 2.75) is 59.0 Å². The lowest BCUT2D eigenvalue weighted by atomic mass is 10.0. The van der Waals surface area contributed by atoms with Gasteiger partial charge in [0.05, 0.1) is 6.10 Å². The Balaban J connectivity index is 3.26. The van der Waals surface area contributed by atoms with E-state index >= 15 is 0 Å². The van der Waals surface area contributed by atoms with Crippen molar-refractivity contribution in [2.75, 3.05) is 0 Å². The zero-order valence-electron chi connectivity index (χ0n) is 9.05. The fourth-order valence-electron chi connectivity index (χ4n) is 1.37. The van der Waals surface area contributed by atoms with Gasteiger partial charge in [0, 0.05) is 6.42 Å². The summed E-state index contributed by atoms with van der Waals surface area (Å²) in [7, 11) is 0. The van der Waals surface area contributed by atoms with E-state index in [2.05, 4.69) is 13.8 Å². The summed E-state index contributed by atoms with van der Waals surface area (Å²) in [6, 6.07) is 0. The molecular formula is C11H22O2.